The molecule has 8 heteroatoms. The molecule has 0 N–H and O–H groups in total. The van der Waals surface area contributed by atoms with Crippen LogP contribution in [-0.4, -0.2) is 175 Å². The molecule has 3 aliphatic rings. The van der Waals surface area contributed by atoms with Crippen molar-refractivity contribution in [2.75, 3.05) is 139 Å². The van der Waals surface area contributed by atoms with Gasteiger partial charge in [-0.05, 0) is 40.0 Å². The second-order valence-electron chi connectivity index (χ2n) is 10.0. The quantitative estimate of drug-likeness (QED) is 0.358. The van der Waals surface area contributed by atoms with E-state index >= 15 is 0 Å². The fraction of sp³-hybridized carbons (Fsp3) is 1.00. The van der Waals surface area contributed by atoms with Gasteiger partial charge in [0.05, 0.1) is 13.2 Å². The molecule has 0 aliphatic carbocycles. The van der Waals surface area contributed by atoms with Crippen LogP contribution in [0.1, 0.15) is 12.8 Å². The number of methoxy groups -OCH3 is 1. The van der Waals surface area contributed by atoms with E-state index in [1.165, 1.54) is 78.4 Å². The van der Waals surface area contributed by atoms with Gasteiger partial charge in [0.1, 0.15) is 0 Å². The van der Waals surface area contributed by atoms with Gasteiger partial charge in [0.15, 0.2) is 0 Å². The first-order valence-corrected chi connectivity index (χ1v) is 13.0. The van der Waals surface area contributed by atoms with Crippen LogP contribution in [0.4, 0.5) is 0 Å². The van der Waals surface area contributed by atoms with E-state index in [4.69, 9.17) is 9.47 Å². The minimum absolute atomic E-state index is 0.539. The lowest BCUT2D eigenvalue weighted by atomic mass is 10.2. The van der Waals surface area contributed by atoms with Crippen LogP contribution < -0.4 is 0 Å². The van der Waals surface area contributed by atoms with Crippen molar-refractivity contribution >= 4 is 0 Å². The number of rotatable bonds is 13. The summed E-state index contributed by atoms with van der Waals surface area (Å²) in [6.45, 7) is 20.4. The Morgan fingerprint density at radius 2 is 1.19 bits per heavy atom. The Hall–Kier alpha value is -0.320. The van der Waals surface area contributed by atoms with Gasteiger partial charge >= 0.3 is 0 Å². The lowest BCUT2D eigenvalue weighted by Crippen LogP contribution is -2.53. The Labute approximate surface area is 197 Å². The van der Waals surface area contributed by atoms with Crippen molar-refractivity contribution in [2.24, 2.45) is 0 Å². The van der Waals surface area contributed by atoms with Crippen molar-refractivity contribution in [2.45, 2.75) is 18.9 Å². The van der Waals surface area contributed by atoms with E-state index in [9.17, 15) is 0 Å². The first-order chi connectivity index (χ1) is 15.6. The first kappa shape index (κ1) is 26.3. The molecule has 0 aromatic rings. The van der Waals surface area contributed by atoms with Gasteiger partial charge in [0, 0.05) is 105 Å². The number of piperazine rings is 3. The van der Waals surface area contributed by atoms with Crippen LogP contribution in [0, 0.1) is 0 Å². The summed E-state index contributed by atoms with van der Waals surface area (Å²) in [5.74, 6) is 0. The van der Waals surface area contributed by atoms with Gasteiger partial charge in [-0.15, -0.1) is 0 Å². The molecular weight excluding hydrogens is 404 g/mol. The standard InChI is InChI=1S/C24H50N6O2/c1-25-9-12-27(13-10-25)6-4-7-30-14-11-26(2)24(22-30)23-32-20-5-8-28-15-17-29(18-16-28)19-21-31-3/h24H,4-23H2,1-3H3. The molecule has 32 heavy (non-hydrogen) atoms. The monoisotopic (exact) mass is 454 g/mol. The summed E-state index contributed by atoms with van der Waals surface area (Å²) >= 11 is 0. The third-order valence-corrected chi connectivity index (χ3v) is 7.56. The van der Waals surface area contributed by atoms with Gasteiger partial charge in [0.25, 0.3) is 0 Å². The zero-order chi connectivity index (χ0) is 22.6. The molecule has 0 radical (unpaired) electrons. The average molecular weight is 455 g/mol. The topological polar surface area (TPSA) is 37.9 Å². The van der Waals surface area contributed by atoms with E-state index in [0.717, 1.165) is 52.4 Å². The van der Waals surface area contributed by atoms with Crippen LogP contribution in [0.5, 0.6) is 0 Å². The number of hydrogen-bond acceptors (Lipinski definition) is 8. The molecule has 0 amide bonds. The Balaban J connectivity index is 1.21. The van der Waals surface area contributed by atoms with E-state index in [1.807, 2.05) is 0 Å². The average Bonchev–Trinajstić information content (AvgIpc) is 2.81. The normalized spacial score (nSPS) is 26.2. The molecule has 8 nitrogen and oxygen atoms in total. The summed E-state index contributed by atoms with van der Waals surface area (Å²) in [6.07, 6.45) is 2.43. The van der Waals surface area contributed by atoms with Crippen molar-refractivity contribution < 1.29 is 9.47 Å². The maximum atomic E-state index is 6.13. The fourth-order valence-corrected chi connectivity index (χ4v) is 5.05. The summed E-state index contributed by atoms with van der Waals surface area (Å²) in [4.78, 5) is 15.3. The maximum Gasteiger partial charge on any atom is 0.0634 e. The van der Waals surface area contributed by atoms with Gasteiger partial charge in [-0.25, -0.2) is 0 Å². The van der Waals surface area contributed by atoms with Crippen LogP contribution in [0.25, 0.3) is 0 Å². The van der Waals surface area contributed by atoms with Crippen LogP contribution in [0.2, 0.25) is 0 Å². The molecule has 3 saturated heterocycles. The van der Waals surface area contributed by atoms with Crippen molar-refractivity contribution in [3.8, 4) is 0 Å². The molecule has 0 bridgehead atoms. The van der Waals surface area contributed by atoms with Crippen molar-refractivity contribution in [3.63, 3.8) is 0 Å². The Bertz CT molecular complexity index is 483. The van der Waals surface area contributed by atoms with Gasteiger partial charge in [-0.3, -0.25) is 9.80 Å². The highest BCUT2D eigenvalue weighted by Crippen LogP contribution is 2.10. The molecule has 3 aliphatic heterocycles. The van der Waals surface area contributed by atoms with Gasteiger partial charge in [-0.1, -0.05) is 0 Å². The number of ether oxygens (including phenoxy) is 2. The lowest BCUT2D eigenvalue weighted by Gasteiger charge is -2.40. The zero-order valence-corrected chi connectivity index (χ0v) is 21.2. The van der Waals surface area contributed by atoms with Crippen LogP contribution in [0.15, 0.2) is 0 Å². The summed E-state index contributed by atoms with van der Waals surface area (Å²) < 4.78 is 11.3. The molecule has 1 unspecified atom stereocenters. The van der Waals surface area contributed by atoms with E-state index in [0.29, 0.717) is 6.04 Å². The molecule has 188 valence electrons. The lowest BCUT2D eigenvalue weighted by molar-refractivity contribution is 0.0171. The highest BCUT2D eigenvalue weighted by molar-refractivity contribution is 4.80. The van der Waals surface area contributed by atoms with E-state index in [1.54, 1.807) is 7.11 Å². The third-order valence-electron chi connectivity index (χ3n) is 7.56. The van der Waals surface area contributed by atoms with Gasteiger partial charge in [-0.2, -0.15) is 0 Å². The minimum atomic E-state index is 0.539. The smallest absolute Gasteiger partial charge is 0.0634 e. The SMILES string of the molecule is COCCN1CCN(CCCOCC2CN(CCCN3CCN(C)CC3)CCN2C)CC1. The number of hydrogen-bond donors (Lipinski definition) is 0. The largest absolute Gasteiger partial charge is 0.383 e. The van der Waals surface area contributed by atoms with Crippen LogP contribution in [-0.2, 0) is 9.47 Å². The minimum Gasteiger partial charge on any atom is -0.383 e. The molecule has 3 rings (SSSR count). The van der Waals surface area contributed by atoms with Crippen molar-refractivity contribution in [3.05, 3.63) is 0 Å². The molecule has 0 aromatic carbocycles. The Kier molecular flexibility index (Phi) is 12.2. The third kappa shape index (κ3) is 9.50. The summed E-state index contributed by atoms with van der Waals surface area (Å²) in [5, 5.41) is 0. The highest BCUT2D eigenvalue weighted by Gasteiger charge is 2.24. The Morgan fingerprint density at radius 1 is 0.625 bits per heavy atom. The van der Waals surface area contributed by atoms with Crippen LogP contribution >= 0.6 is 0 Å². The van der Waals surface area contributed by atoms with Gasteiger partial charge in [0.2, 0.25) is 0 Å². The predicted octanol–water partition coefficient (Wildman–Crippen LogP) is -0.0894. The summed E-state index contributed by atoms with van der Waals surface area (Å²) in [6, 6.07) is 0.539. The molecule has 1 atom stereocenters. The van der Waals surface area contributed by atoms with E-state index in [-0.39, 0.29) is 0 Å². The Morgan fingerprint density at radius 3 is 1.88 bits per heavy atom. The van der Waals surface area contributed by atoms with E-state index in [2.05, 4.69) is 43.5 Å². The van der Waals surface area contributed by atoms with E-state index < -0.39 is 0 Å². The maximum absolute atomic E-state index is 6.13. The second kappa shape index (κ2) is 14.8. The predicted molar refractivity (Wildman–Crippen MR) is 132 cm³/mol. The molecule has 0 aromatic heterocycles. The molecule has 3 fully saturated rings. The molecule has 3 heterocycles. The first-order valence-electron chi connectivity index (χ1n) is 13.0. The molecule has 0 saturated carbocycles. The van der Waals surface area contributed by atoms with Crippen molar-refractivity contribution in [1.82, 2.24) is 29.4 Å². The summed E-state index contributed by atoms with van der Waals surface area (Å²) in [5.41, 5.74) is 0. The fourth-order valence-electron chi connectivity index (χ4n) is 5.05. The summed E-state index contributed by atoms with van der Waals surface area (Å²) in [7, 11) is 6.28. The second-order valence-corrected chi connectivity index (χ2v) is 10.0. The molecular formula is C24H50N6O2. The van der Waals surface area contributed by atoms with Crippen LogP contribution in [0.3, 0.4) is 0 Å². The number of nitrogens with zero attached hydrogens (tertiary/aromatic N) is 6. The number of likely N-dealkylation sites (N-methyl/N-ethyl adjacent to an activating group) is 2. The van der Waals surface area contributed by atoms with Crippen molar-refractivity contribution in [1.29, 1.82) is 0 Å². The zero-order valence-electron chi connectivity index (χ0n) is 21.2. The molecule has 0 spiro atoms. The van der Waals surface area contributed by atoms with Gasteiger partial charge < -0.3 is 29.1 Å². The highest BCUT2D eigenvalue weighted by atomic mass is 16.5.